The third-order valence-corrected chi connectivity index (χ3v) is 4.65. The van der Waals surface area contributed by atoms with Crippen molar-refractivity contribution in [3.8, 4) is 17.2 Å². The van der Waals surface area contributed by atoms with Crippen LogP contribution in [-0.2, 0) is 6.54 Å². The summed E-state index contributed by atoms with van der Waals surface area (Å²) in [4.78, 5) is 14.5. The second kappa shape index (κ2) is 7.86. The lowest BCUT2D eigenvalue weighted by atomic mass is 10.1. The molecule has 0 unspecified atom stereocenters. The Hall–Kier alpha value is -2.41. The highest BCUT2D eigenvalue weighted by Gasteiger charge is 2.19. The maximum Gasteiger partial charge on any atom is 0.322 e. The van der Waals surface area contributed by atoms with Crippen LogP contribution in [0.2, 0.25) is 0 Å². The average molecular weight is 421 g/mol. The Bertz CT molecular complexity index is 825. The van der Waals surface area contributed by atoms with E-state index in [0.29, 0.717) is 30.3 Å². The molecule has 0 saturated heterocycles. The van der Waals surface area contributed by atoms with Gasteiger partial charge in [-0.05, 0) is 49.2 Å². The number of carbonyl (C=O) groups is 1. The Labute approximate surface area is 161 Å². The lowest BCUT2D eigenvalue weighted by Crippen LogP contribution is -2.34. The van der Waals surface area contributed by atoms with Crippen molar-refractivity contribution in [2.45, 2.75) is 20.4 Å². The molecule has 0 aromatic heterocycles. The number of amides is 2. The molecule has 0 aliphatic carbocycles. The Kier molecular flexibility index (Phi) is 5.56. The van der Waals surface area contributed by atoms with Gasteiger partial charge in [-0.25, -0.2) is 4.79 Å². The molecule has 7 heteroatoms. The summed E-state index contributed by atoms with van der Waals surface area (Å²) in [6, 6.07) is 9.29. The summed E-state index contributed by atoms with van der Waals surface area (Å²) >= 11 is 3.44. The molecule has 1 aliphatic rings. The Morgan fingerprint density at radius 1 is 1.27 bits per heavy atom. The van der Waals surface area contributed by atoms with Crippen LogP contribution in [0.4, 0.5) is 10.5 Å². The second-order valence-electron chi connectivity index (χ2n) is 5.93. The molecule has 3 rings (SSSR count). The topological polar surface area (TPSA) is 60.0 Å². The summed E-state index contributed by atoms with van der Waals surface area (Å²) < 4.78 is 17.0. The van der Waals surface area contributed by atoms with Gasteiger partial charge >= 0.3 is 6.03 Å². The van der Waals surface area contributed by atoms with Crippen molar-refractivity contribution in [2.75, 3.05) is 25.8 Å². The van der Waals surface area contributed by atoms with Gasteiger partial charge in [0.25, 0.3) is 0 Å². The van der Waals surface area contributed by atoms with E-state index in [0.717, 1.165) is 21.3 Å². The quantitative estimate of drug-likeness (QED) is 0.770. The third kappa shape index (κ3) is 3.88. The maximum atomic E-state index is 12.8. The fraction of sp³-hybridized carbons (Fsp3) is 0.316. The van der Waals surface area contributed by atoms with E-state index < -0.39 is 0 Å². The van der Waals surface area contributed by atoms with Gasteiger partial charge in [-0.2, -0.15) is 0 Å². The summed E-state index contributed by atoms with van der Waals surface area (Å²) in [5.41, 5.74) is 2.57. The van der Waals surface area contributed by atoms with Crippen molar-refractivity contribution in [2.24, 2.45) is 0 Å². The van der Waals surface area contributed by atoms with Crippen LogP contribution in [0, 0.1) is 6.92 Å². The molecule has 0 radical (unpaired) electrons. The Balaban J connectivity index is 1.75. The van der Waals surface area contributed by atoms with E-state index in [1.54, 1.807) is 12.0 Å². The molecule has 0 spiro atoms. The van der Waals surface area contributed by atoms with Crippen molar-refractivity contribution in [3.63, 3.8) is 0 Å². The van der Waals surface area contributed by atoms with E-state index in [1.165, 1.54) is 0 Å². The summed E-state index contributed by atoms with van der Waals surface area (Å²) in [5, 5.41) is 2.97. The summed E-state index contributed by atoms with van der Waals surface area (Å²) in [6.45, 7) is 5.14. The molecule has 2 aromatic carbocycles. The zero-order valence-corrected chi connectivity index (χ0v) is 16.6. The number of fused-ring (bicyclic) bond motifs is 1. The van der Waals surface area contributed by atoms with Crippen molar-refractivity contribution in [3.05, 3.63) is 45.9 Å². The molecule has 2 amide bonds. The highest BCUT2D eigenvalue weighted by molar-refractivity contribution is 9.10. The van der Waals surface area contributed by atoms with Gasteiger partial charge in [0, 0.05) is 17.6 Å². The van der Waals surface area contributed by atoms with Crippen LogP contribution in [0.25, 0.3) is 0 Å². The monoisotopic (exact) mass is 420 g/mol. The highest BCUT2D eigenvalue weighted by atomic mass is 79.9. The number of aryl methyl sites for hydroxylation is 1. The lowest BCUT2D eigenvalue weighted by molar-refractivity contribution is 0.174. The number of anilines is 1. The molecule has 26 heavy (non-hydrogen) atoms. The van der Waals surface area contributed by atoms with Crippen LogP contribution >= 0.6 is 15.9 Å². The lowest BCUT2D eigenvalue weighted by Gasteiger charge is -2.23. The molecule has 2 aromatic rings. The average Bonchev–Trinajstić information content (AvgIpc) is 3.09. The number of nitrogens with zero attached hydrogens (tertiary/aromatic N) is 1. The van der Waals surface area contributed by atoms with Crippen LogP contribution in [0.3, 0.4) is 0 Å². The number of rotatable bonds is 5. The minimum atomic E-state index is -0.186. The van der Waals surface area contributed by atoms with Gasteiger partial charge in [-0.15, -0.1) is 0 Å². The first-order chi connectivity index (χ1) is 12.5. The molecule has 1 aliphatic heterocycles. The number of urea groups is 1. The molecule has 0 bridgehead atoms. The van der Waals surface area contributed by atoms with E-state index in [1.807, 2.05) is 44.2 Å². The molecule has 1 heterocycles. The minimum absolute atomic E-state index is 0.186. The molecular formula is C19H21BrN2O4. The molecule has 0 fully saturated rings. The number of benzene rings is 2. The van der Waals surface area contributed by atoms with Crippen LogP contribution in [0.15, 0.2) is 34.8 Å². The van der Waals surface area contributed by atoms with E-state index in [4.69, 9.17) is 14.2 Å². The van der Waals surface area contributed by atoms with Gasteiger partial charge in [-0.1, -0.05) is 22.0 Å². The van der Waals surface area contributed by atoms with Gasteiger partial charge in [0.15, 0.2) is 11.5 Å². The van der Waals surface area contributed by atoms with Gasteiger partial charge in [-0.3, -0.25) is 0 Å². The zero-order chi connectivity index (χ0) is 18.7. The second-order valence-corrected chi connectivity index (χ2v) is 6.85. The van der Waals surface area contributed by atoms with Crippen LogP contribution in [0.1, 0.15) is 18.1 Å². The largest absolute Gasteiger partial charge is 0.495 e. The predicted molar refractivity (Wildman–Crippen MR) is 103 cm³/mol. The summed E-state index contributed by atoms with van der Waals surface area (Å²) in [5.74, 6) is 2.06. The van der Waals surface area contributed by atoms with Crippen LogP contribution in [0.5, 0.6) is 17.2 Å². The van der Waals surface area contributed by atoms with Crippen LogP contribution < -0.4 is 19.5 Å². The number of nitrogens with one attached hydrogen (secondary N) is 1. The normalized spacial score (nSPS) is 12.0. The summed E-state index contributed by atoms with van der Waals surface area (Å²) in [7, 11) is 1.58. The van der Waals surface area contributed by atoms with Gasteiger partial charge in [0.05, 0.1) is 12.8 Å². The SMILES string of the molecule is CCN(Cc1ccc2c(c1)OCO2)C(=O)Nc1c(C)cc(Br)cc1OC. The number of ether oxygens (including phenoxy) is 3. The van der Waals surface area contributed by atoms with Gasteiger partial charge in [0.1, 0.15) is 5.75 Å². The molecule has 0 saturated carbocycles. The highest BCUT2D eigenvalue weighted by Crippen LogP contribution is 2.34. The summed E-state index contributed by atoms with van der Waals surface area (Å²) in [6.07, 6.45) is 0. The van der Waals surface area contributed by atoms with Crippen molar-refractivity contribution in [1.29, 1.82) is 0 Å². The molecular weight excluding hydrogens is 400 g/mol. The first-order valence-electron chi connectivity index (χ1n) is 8.30. The van der Waals surface area contributed by atoms with E-state index in [2.05, 4.69) is 21.2 Å². The van der Waals surface area contributed by atoms with Crippen molar-refractivity contribution >= 4 is 27.6 Å². The smallest absolute Gasteiger partial charge is 0.322 e. The first-order valence-corrected chi connectivity index (χ1v) is 9.09. The fourth-order valence-corrected chi connectivity index (χ4v) is 3.36. The van der Waals surface area contributed by atoms with E-state index >= 15 is 0 Å². The van der Waals surface area contributed by atoms with Gasteiger partial charge in [0.2, 0.25) is 6.79 Å². The molecule has 6 nitrogen and oxygen atoms in total. The number of hydrogen-bond acceptors (Lipinski definition) is 4. The molecule has 1 N–H and O–H groups in total. The minimum Gasteiger partial charge on any atom is -0.495 e. The maximum absolute atomic E-state index is 12.8. The predicted octanol–water partition coefficient (Wildman–Crippen LogP) is 4.55. The number of methoxy groups -OCH3 is 1. The fourth-order valence-electron chi connectivity index (χ4n) is 2.81. The number of halogens is 1. The number of hydrogen-bond donors (Lipinski definition) is 1. The number of carbonyl (C=O) groups excluding carboxylic acids is 1. The first kappa shape index (κ1) is 18.4. The van der Waals surface area contributed by atoms with Gasteiger partial charge < -0.3 is 24.4 Å². The van der Waals surface area contributed by atoms with E-state index in [-0.39, 0.29) is 12.8 Å². The Morgan fingerprint density at radius 3 is 2.77 bits per heavy atom. The Morgan fingerprint density at radius 2 is 2.04 bits per heavy atom. The molecule has 138 valence electrons. The zero-order valence-electron chi connectivity index (χ0n) is 15.0. The third-order valence-electron chi connectivity index (χ3n) is 4.20. The van der Waals surface area contributed by atoms with E-state index in [9.17, 15) is 4.79 Å². The van der Waals surface area contributed by atoms with Crippen molar-refractivity contribution < 1.29 is 19.0 Å². The standard InChI is InChI=1S/C19H21BrN2O4/c1-4-22(10-13-5-6-15-16(8-13)26-11-25-15)19(23)21-18-12(2)7-14(20)9-17(18)24-3/h5-9H,4,10-11H2,1-3H3,(H,21,23). The van der Waals surface area contributed by atoms with Crippen LogP contribution in [-0.4, -0.2) is 31.4 Å². The molecule has 0 atom stereocenters. The van der Waals surface area contributed by atoms with Crippen molar-refractivity contribution in [1.82, 2.24) is 4.90 Å².